The van der Waals surface area contributed by atoms with Gasteiger partial charge in [-0.3, -0.25) is 4.79 Å². The van der Waals surface area contributed by atoms with Crippen LogP contribution in [0.3, 0.4) is 0 Å². The summed E-state index contributed by atoms with van der Waals surface area (Å²) in [6.07, 6.45) is 7.83. The van der Waals surface area contributed by atoms with Gasteiger partial charge >= 0.3 is 0 Å². The maximum atomic E-state index is 12.3. The van der Waals surface area contributed by atoms with Crippen molar-refractivity contribution in [3.05, 3.63) is 0 Å². The van der Waals surface area contributed by atoms with E-state index >= 15 is 0 Å². The summed E-state index contributed by atoms with van der Waals surface area (Å²) in [5.74, 6) is 1.86. The van der Waals surface area contributed by atoms with Crippen LogP contribution >= 0.6 is 0 Å². The minimum absolute atomic E-state index is 0.162. The van der Waals surface area contributed by atoms with Crippen molar-refractivity contribution < 1.29 is 4.79 Å². The molecule has 128 valence electrons. The van der Waals surface area contributed by atoms with Crippen LogP contribution in [0, 0.1) is 17.8 Å². The lowest BCUT2D eigenvalue weighted by atomic mass is 9.85. The Kier molecular flexibility index (Phi) is 7.16. The average Bonchev–Trinajstić information content (AvgIpc) is 2.51. The van der Waals surface area contributed by atoms with Crippen molar-refractivity contribution in [2.75, 3.05) is 26.2 Å². The summed E-state index contributed by atoms with van der Waals surface area (Å²) in [5.41, 5.74) is 5.98. The molecule has 0 aromatic heterocycles. The van der Waals surface area contributed by atoms with E-state index in [-0.39, 0.29) is 17.9 Å². The van der Waals surface area contributed by atoms with Gasteiger partial charge in [-0.2, -0.15) is 0 Å². The molecule has 0 radical (unpaired) electrons. The van der Waals surface area contributed by atoms with Gasteiger partial charge < -0.3 is 16.0 Å². The van der Waals surface area contributed by atoms with Crippen LogP contribution in [-0.4, -0.2) is 43.0 Å². The fraction of sp³-hybridized carbons (Fsp3) is 0.944. The number of nitrogens with two attached hydrogens (primary N) is 1. The van der Waals surface area contributed by atoms with E-state index in [0.717, 1.165) is 38.1 Å². The second kappa shape index (κ2) is 8.88. The van der Waals surface area contributed by atoms with E-state index in [1.165, 1.54) is 38.9 Å². The van der Waals surface area contributed by atoms with Gasteiger partial charge in [-0.25, -0.2) is 0 Å². The number of likely N-dealkylation sites (tertiary alicyclic amines) is 1. The Labute approximate surface area is 136 Å². The fourth-order valence-electron chi connectivity index (χ4n) is 3.71. The minimum Gasteiger partial charge on any atom is -0.356 e. The summed E-state index contributed by atoms with van der Waals surface area (Å²) in [6.45, 7) is 9.07. The normalized spacial score (nSPS) is 28.0. The van der Waals surface area contributed by atoms with Crippen molar-refractivity contribution in [3.8, 4) is 0 Å². The number of nitrogens with zero attached hydrogens (tertiary/aromatic N) is 1. The maximum absolute atomic E-state index is 12.3. The molecule has 0 aromatic carbocycles. The minimum atomic E-state index is 0.162. The molecule has 1 aliphatic heterocycles. The molecule has 1 saturated carbocycles. The number of carbonyl (C=O) groups excluding carboxylic acids is 1. The lowest BCUT2D eigenvalue weighted by molar-refractivity contribution is -0.126. The maximum Gasteiger partial charge on any atom is 0.223 e. The number of rotatable bonds is 6. The van der Waals surface area contributed by atoms with Crippen LogP contribution in [0.1, 0.15) is 58.8 Å². The molecule has 1 amide bonds. The Morgan fingerprint density at radius 1 is 1.23 bits per heavy atom. The van der Waals surface area contributed by atoms with Gasteiger partial charge in [0.05, 0.1) is 0 Å². The third kappa shape index (κ3) is 5.88. The Morgan fingerprint density at radius 3 is 2.59 bits per heavy atom. The number of carbonyl (C=O) groups is 1. The van der Waals surface area contributed by atoms with E-state index in [4.69, 9.17) is 5.73 Å². The highest BCUT2D eigenvalue weighted by Crippen LogP contribution is 2.23. The summed E-state index contributed by atoms with van der Waals surface area (Å²) in [5, 5.41) is 3.19. The van der Waals surface area contributed by atoms with E-state index in [2.05, 4.69) is 24.1 Å². The van der Waals surface area contributed by atoms with Gasteiger partial charge in [0.25, 0.3) is 0 Å². The molecule has 2 rings (SSSR count). The SMILES string of the molecule is CC(C)CCN1CCC(CNC(=O)C2CCCC(N)C2)CC1. The zero-order valence-electron chi connectivity index (χ0n) is 14.5. The lowest BCUT2D eigenvalue weighted by Crippen LogP contribution is -2.42. The molecule has 2 atom stereocenters. The second-order valence-electron chi connectivity index (χ2n) is 7.84. The molecule has 1 aliphatic carbocycles. The third-order valence-electron chi connectivity index (χ3n) is 5.38. The zero-order valence-corrected chi connectivity index (χ0v) is 14.5. The van der Waals surface area contributed by atoms with Gasteiger partial charge in [0.2, 0.25) is 5.91 Å². The van der Waals surface area contributed by atoms with Crippen molar-refractivity contribution in [3.63, 3.8) is 0 Å². The molecule has 1 saturated heterocycles. The smallest absolute Gasteiger partial charge is 0.223 e. The molecule has 1 heterocycles. The summed E-state index contributed by atoms with van der Waals surface area (Å²) in [4.78, 5) is 14.8. The van der Waals surface area contributed by atoms with Gasteiger partial charge in [0, 0.05) is 18.5 Å². The highest BCUT2D eigenvalue weighted by Gasteiger charge is 2.26. The number of nitrogens with one attached hydrogen (secondary N) is 1. The van der Waals surface area contributed by atoms with E-state index in [9.17, 15) is 4.79 Å². The van der Waals surface area contributed by atoms with Crippen molar-refractivity contribution in [2.45, 2.75) is 64.8 Å². The molecule has 4 nitrogen and oxygen atoms in total. The molecular formula is C18H35N3O. The predicted molar refractivity (Wildman–Crippen MR) is 91.6 cm³/mol. The molecule has 0 aromatic rings. The molecule has 4 heteroatoms. The first kappa shape index (κ1) is 17.7. The molecule has 2 aliphatic rings. The topological polar surface area (TPSA) is 58.4 Å². The summed E-state index contributed by atoms with van der Waals surface area (Å²) >= 11 is 0. The van der Waals surface area contributed by atoms with Crippen molar-refractivity contribution in [2.24, 2.45) is 23.5 Å². The monoisotopic (exact) mass is 309 g/mol. The van der Waals surface area contributed by atoms with Crippen molar-refractivity contribution in [1.82, 2.24) is 10.2 Å². The third-order valence-corrected chi connectivity index (χ3v) is 5.38. The van der Waals surface area contributed by atoms with Crippen LogP contribution in [0.25, 0.3) is 0 Å². The summed E-state index contributed by atoms with van der Waals surface area (Å²) in [7, 11) is 0. The van der Waals surface area contributed by atoms with Gasteiger partial charge in [0.15, 0.2) is 0 Å². The number of hydrogen-bond acceptors (Lipinski definition) is 3. The molecule has 2 fully saturated rings. The van der Waals surface area contributed by atoms with Gasteiger partial charge in [-0.15, -0.1) is 0 Å². The zero-order chi connectivity index (χ0) is 15.9. The number of piperidine rings is 1. The number of amides is 1. The molecule has 0 bridgehead atoms. The second-order valence-corrected chi connectivity index (χ2v) is 7.84. The lowest BCUT2D eigenvalue weighted by Gasteiger charge is -2.33. The van der Waals surface area contributed by atoms with Crippen LogP contribution < -0.4 is 11.1 Å². The molecular weight excluding hydrogens is 274 g/mol. The quantitative estimate of drug-likeness (QED) is 0.792. The standard InChI is InChI=1S/C18H35N3O/c1-14(2)6-9-21-10-7-15(8-11-21)13-20-18(22)16-4-3-5-17(19)12-16/h14-17H,3-13,19H2,1-2H3,(H,20,22). The van der Waals surface area contributed by atoms with E-state index in [0.29, 0.717) is 5.92 Å². The van der Waals surface area contributed by atoms with Crippen LogP contribution in [0.15, 0.2) is 0 Å². The largest absolute Gasteiger partial charge is 0.356 e. The highest BCUT2D eigenvalue weighted by atomic mass is 16.1. The first-order valence-corrected chi connectivity index (χ1v) is 9.30. The van der Waals surface area contributed by atoms with Gasteiger partial charge in [-0.05, 0) is 70.0 Å². The first-order valence-electron chi connectivity index (χ1n) is 9.30. The Morgan fingerprint density at radius 2 is 1.95 bits per heavy atom. The van der Waals surface area contributed by atoms with E-state index < -0.39 is 0 Å². The molecule has 22 heavy (non-hydrogen) atoms. The van der Waals surface area contributed by atoms with E-state index in [1.54, 1.807) is 0 Å². The van der Waals surface area contributed by atoms with Gasteiger partial charge in [-0.1, -0.05) is 20.3 Å². The van der Waals surface area contributed by atoms with Crippen LogP contribution in [0.2, 0.25) is 0 Å². The van der Waals surface area contributed by atoms with Crippen molar-refractivity contribution >= 4 is 5.91 Å². The van der Waals surface area contributed by atoms with E-state index in [1.807, 2.05) is 0 Å². The van der Waals surface area contributed by atoms with Gasteiger partial charge in [0.1, 0.15) is 0 Å². The van der Waals surface area contributed by atoms with Crippen LogP contribution in [0.4, 0.5) is 0 Å². The highest BCUT2D eigenvalue weighted by molar-refractivity contribution is 5.78. The first-order chi connectivity index (χ1) is 10.5. The molecule has 0 spiro atoms. The Hall–Kier alpha value is -0.610. The number of hydrogen-bond donors (Lipinski definition) is 2. The fourth-order valence-corrected chi connectivity index (χ4v) is 3.71. The summed E-state index contributed by atoms with van der Waals surface area (Å²) < 4.78 is 0. The predicted octanol–water partition coefficient (Wildman–Crippen LogP) is 2.38. The van der Waals surface area contributed by atoms with Crippen LogP contribution in [0.5, 0.6) is 0 Å². The Balaban J connectivity index is 1.61. The summed E-state index contributed by atoms with van der Waals surface area (Å²) in [6, 6.07) is 0.230. The molecule has 3 N–H and O–H groups in total. The Bertz CT molecular complexity index is 337. The van der Waals surface area contributed by atoms with Crippen molar-refractivity contribution in [1.29, 1.82) is 0 Å². The van der Waals surface area contributed by atoms with Crippen LogP contribution in [-0.2, 0) is 4.79 Å². The average molecular weight is 309 g/mol. The molecule has 2 unspecified atom stereocenters.